The standard InChI is InChI=1S/C9H14N2O3/c1-11(2)5-6-4-7(9(13)14-3)10-8(6)12/h5,7H,4H2,1-3H3,(H,10,12)/t7-/m0/s1. The second kappa shape index (κ2) is 4.13. The molecule has 1 saturated heterocycles. The van der Waals surface area contributed by atoms with Gasteiger partial charge in [0.2, 0.25) is 5.91 Å². The third-order valence-electron chi connectivity index (χ3n) is 1.92. The zero-order valence-corrected chi connectivity index (χ0v) is 8.53. The zero-order valence-electron chi connectivity index (χ0n) is 8.53. The van der Waals surface area contributed by atoms with Crippen molar-refractivity contribution in [2.24, 2.45) is 0 Å². The Hall–Kier alpha value is -1.52. The molecule has 0 bridgehead atoms. The molecule has 14 heavy (non-hydrogen) atoms. The van der Waals surface area contributed by atoms with Crippen LogP contribution in [0.15, 0.2) is 11.8 Å². The SMILES string of the molecule is COC(=O)[C@@H]1CC(=CN(C)C)C(=O)N1. The predicted octanol–water partition coefficient (Wildman–Crippen LogP) is -0.507. The minimum absolute atomic E-state index is 0.200. The monoisotopic (exact) mass is 198 g/mol. The number of methoxy groups -OCH3 is 1. The van der Waals surface area contributed by atoms with Gasteiger partial charge in [-0.2, -0.15) is 0 Å². The largest absolute Gasteiger partial charge is 0.467 e. The lowest BCUT2D eigenvalue weighted by molar-refractivity contribution is -0.143. The van der Waals surface area contributed by atoms with Crippen LogP contribution in [0.2, 0.25) is 0 Å². The molecule has 1 amide bonds. The minimum Gasteiger partial charge on any atom is -0.467 e. The van der Waals surface area contributed by atoms with Crippen LogP contribution in [0.5, 0.6) is 0 Å². The first-order valence-corrected chi connectivity index (χ1v) is 4.30. The molecule has 0 aromatic heterocycles. The first-order valence-electron chi connectivity index (χ1n) is 4.30. The highest BCUT2D eigenvalue weighted by Crippen LogP contribution is 2.15. The molecular formula is C9H14N2O3. The number of esters is 1. The van der Waals surface area contributed by atoms with E-state index in [9.17, 15) is 9.59 Å². The highest BCUT2D eigenvalue weighted by Gasteiger charge is 2.32. The van der Waals surface area contributed by atoms with Gasteiger partial charge in [0.25, 0.3) is 0 Å². The molecule has 0 saturated carbocycles. The number of nitrogens with one attached hydrogen (secondary N) is 1. The van der Waals surface area contributed by atoms with Crippen LogP contribution < -0.4 is 5.32 Å². The maximum Gasteiger partial charge on any atom is 0.328 e. The average molecular weight is 198 g/mol. The van der Waals surface area contributed by atoms with Crippen LogP contribution in [0.4, 0.5) is 0 Å². The van der Waals surface area contributed by atoms with E-state index >= 15 is 0 Å². The van der Waals surface area contributed by atoms with Crippen LogP contribution in [0.25, 0.3) is 0 Å². The molecule has 5 heteroatoms. The Balaban J connectivity index is 2.69. The molecule has 1 N–H and O–H groups in total. The van der Waals surface area contributed by atoms with E-state index in [0.29, 0.717) is 12.0 Å². The first kappa shape index (κ1) is 10.6. The van der Waals surface area contributed by atoms with Crippen molar-refractivity contribution < 1.29 is 14.3 Å². The van der Waals surface area contributed by atoms with Crippen molar-refractivity contribution in [1.82, 2.24) is 10.2 Å². The van der Waals surface area contributed by atoms with E-state index in [4.69, 9.17) is 0 Å². The van der Waals surface area contributed by atoms with Gasteiger partial charge in [-0.1, -0.05) is 0 Å². The molecule has 0 aliphatic carbocycles. The van der Waals surface area contributed by atoms with Crippen molar-refractivity contribution in [2.75, 3.05) is 21.2 Å². The molecule has 1 atom stereocenters. The van der Waals surface area contributed by atoms with Gasteiger partial charge in [-0.3, -0.25) is 4.79 Å². The van der Waals surface area contributed by atoms with Gasteiger partial charge < -0.3 is 15.0 Å². The molecule has 1 aliphatic rings. The highest BCUT2D eigenvalue weighted by atomic mass is 16.5. The van der Waals surface area contributed by atoms with Crippen molar-refractivity contribution >= 4 is 11.9 Å². The molecule has 0 aromatic rings. The van der Waals surface area contributed by atoms with Crippen molar-refractivity contribution in [2.45, 2.75) is 12.5 Å². The van der Waals surface area contributed by atoms with Crippen LogP contribution in [-0.4, -0.2) is 44.0 Å². The van der Waals surface area contributed by atoms with E-state index in [2.05, 4.69) is 10.1 Å². The number of amides is 1. The number of hydrogen-bond acceptors (Lipinski definition) is 4. The van der Waals surface area contributed by atoms with Crippen LogP contribution >= 0.6 is 0 Å². The van der Waals surface area contributed by atoms with E-state index in [1.807, 2.05) is 14.1 Å². The normalized spacial score (nSPS) is 23.5. The molecule has 1 aliphatic heterocycles. The summed E-state index contributed by atoms with van der Waals surface area (Å²) in [4.78, 5) is 24.2. The second-order valence-electron chi connectivity index (χ2n) is 3.37. The Bertz CT molecular complexity index is 284. The Labute approximate surface area is 82.7 Å². The quantitative estimate of drug-likeness (QED) is 0.480. The van der Waals surface area contributed by atoms with Crippen molar-refractivity contribution in [3.63, 3.8) is 0 Å². The fourth-order valence-electron chi connectivity index (χ4n) is 1.32. The average Bonchev–Trinajstić information content (AvgIpc) is 2.46. The summed E-state index contributed by atoms with van der Waals surface area (Å²) >= 11 is 0. The van der Waals surface area contributed by atoms with Gasteiger partial charge in [-0.15, -0.1) is 0 Å². The van der Waals surface area contributed by atoms with Gasteiger partial charge in [0, 0.05) is 32.3 Å². The van der Waals surface area contributed by atoms with Crippen LogP contribution in [-0.2, 0) is 14.3 Å². The topological polar surface area (TPSA) is 58.6 Å². The number of ether oxygens (including phenoxy) is 1. The molecule has 1 fully saturated rings. The fraction of sp³-hybridized carbons (Fsp3) is 0.556. The third kappa shape index (κ3) is 2.25. The van der Waals surface area contributed by atoms with Gasteiger partial charge >= 0.3 is 5.97 Å². The third-order valence-corrected chi connectivity index (χ3v) is 1.92. The number of nitrogens with zero attached hydrogens (tertiary/aromatic N) is 1. The Morgan fingerprint density at radius 2 is 2.29 bits per heavy atom. The lowest BCUT2D eigenvalue weighted by atomic mass is 10.1. The highest BCUT2D eigenvalue weighted by molar-refractivity contribution is 6.00. The van der Waals surface area contributed by atoms with E-state index in [0.717, 1.165) is 0 Å². The Kier molecular flexibility index (Phi) is 3.11. The van der Waals surface area contributed by atoms with Crippen LogP contribution in [0.1, 0.15) is 6.42 Å². The molecule has 5 nitrogen and oxygen atoms in total. The molecule has 0 unspecified atom stereocenters. The van der Waals surface area contributed by atoms with Crippen molar-refractivity contribution in [3.05, 3.63) is 11.8 Å². The maximum absolute atomic E-state index is 11.3. The maximum atomic E-state index is 11.3. The molecule has 1 heterocycles. The number of hydrogen-bond donors (Lipinski definition) is 1. The predicted molar refractivity (Wildman–Crippen MR) is 50.3 cm³/mol. The molecule has 1 rings (SSSR count). The van der Waals surface area contributed by atoms with Gasteiger partial charge in [0.1, 0.15) is 6.04 Å². The number of rotatable bonds is 2. The summed E-state index contributed by atoms with van der Waals surface area (Å²) in [5.74, 6) is -0.602. The summed E-state index contributed by atoms with van der Waals surface area (Å²) in [6, 6.07) is -0.529. The molecular weight excluding hydrogens is 184 g/mol. The van der Waals surface area contributed by atoms with Crippen molar-refractivity contribution in [3.8, 4) is 0 Å². The molecule has 78 valence electrons. The lowest BCUT2D eigenvalue weighted by Gasteiger charge is -2.05. The number of carbonyl (C=O) groups excluding carboxylic acids is 2. The summed E-state index contributed by atoms with van der Waals surface area (Å²) in [7, 11) is 4.96. The number of carbonyl (C=O) groups is 2. The molecule has 0 spiro atoms. The second-order valence-corrected chi connectivity index (χ2v) is 3.37. The van der Waals surface area contributed by atoms with Gasteiger partial charge in [0.15, 0.2) is 0 Å². The zero-order chi connectivity index (χ0) is 10.7. The minimum atomic E-state index is -0.529. The van der Waals surface area contributed by atoms with Crippen LogP contribution in [0.3, 0.4) is 0 Å². The fourth-order valence-corrected chi connectivity index (χ4v) is 1.32. The van der Waals surface area contributed by atoms with Gasteiger partial charge in [0.05, 0.1) is 7.11 Å². The van der Waals surface area contributed by atoms with Gasteiger partial charge in [-0.05, 0) is 0 Å². The summed E-state index contributed by atoms with van der Waals surface area (Å²) in [5, 5.41) is 2.55. The Morgan fingerprint density at radius 1 is 1.64 bits per heavy atom. The van der Waals surface area contributed by atoms with Crippen LogP contribution in [0, 0.1) is 0 Å². The molecule has 0 aromatic carbocycles. The summed E-state index contributed by atoms with van der Waals surface area (Å²) < 4.78 is 4.54. The van der Waals surface area contributed by atoms with Crippen molar-refractivity contribution in [1.29, 1.82) is 0 Å². The summed E-state index contributed by atoms with van der Waals surface area (Å²) in [6.45, 7) is 0. The lowest BCUT2D eigenvalue weighted by Crippen LogP contribution is -2.33. The van der Waals surface area contributed by atoms with E-state index in [-0.39, 0.29) is 5.91 Å². The van der Waals surface area contributed by atoms with E-state index < -0.39 is 12.0 Å². The van der Waals surface area contributed by atoms with E-state index in [1.165, 1.54) is 7.11 Å². The summed E-state index contributed by atoms with van der Waals surface area (Å²) in [5.41, 5.74) is 0.602. The van der Waals surface area contributed by atoms with E-state index in [1.54, 1.807) is 11.1 Å². The smallest absolute Gasteiger partial charge is 0.328 e. The van der Waals surface area contributed by atoms with Gasteiger partial charge in [-0.25, -0.2) is 4.79 Å². The Morgan fingerprint density at radius 3 is 2.79 bits per heavy atom. The first-order chi connectivity index (χ1) is 6.54. The summed E-state index contributed by atoms with van der Waals surface area (Å²) in [6.07, 6.45) is 2.10. The molecule has 0 radical (unpaired) electrons.